The molecule has 1 atom stereocenters. The van der Waals surface area contributed by atoms with Crippen LogP contribution in [0.2, 0.25) is 0 Å². The van der Waals surface area contributed by atoms with E-state index in [4.69, 9.17) is 0 Å². The number of amides is 1. The molecule has 0 radical (unpaired) electrons. The van der Waals surface area contributed by atoms with Gasteiger partial charge in [-0.15, -0.1) is 0 Å². The predicted molar refractivity (Wildman–Crippen MR) is 74.6 cm³/mol. The number of benzene rings is 1. The SMILES string of the molecule is CNC(=O)C1CCN(C[C@@H](O)c2ccccc2)CC1. The molecule has 2 N–H and O–H groups in total. The van der Waals surface area contributed by atoms with Crippen LogP contribution in [-0.4, -0.2) is 42.6 Å². The van der Waals surface area contributed by atoms with Gasteiger partial charge in [0.1, 0.15) is 0 Å². The number of hydrogen-bond acceptors (Lipinski definition) is 3. The Morgan fingerprint density at radius 3 is 2.58 bits per heavy atom. The maximum Gasteiger partial charge on any atom is 0.222 e. The van der Waals surface area contributed by atoms with Gasteiger partial charge in [0, 0.05) is 19.5 Å². The lowest BCUT2D eigenvalue weighted by Gasteiger charge is -2.32. The molecule has 4 heteroatoms. The molecule has 1 heterocycles. The first-order valence-corrected chi connectivity index (χ1v) is 6.87. The molecule has 19 heavy (non-hydrogen) atoms. The second-order valence-corrected chi connectivity index (χ2v) is 5.12. The molecule has 0 spiro atoms. The van der Waals surface area contributed by atoms with E-state index >= 15 is 0 Å². The highest BCUT2D eigenvalue weighted by Gasteiger charge is 2.25. The van der Waals surface area contributed by atoms with Crippen molar-refractivity contribution in [3.8, 4) is 0 Å². The topological polar surface area (TPSA) is 52.6 Å². The summed E-state index contributed by atoms with van der Waals surface area (Å²) in [5.74, 6) is 0.276. The van der Waals surface area contributed by atoms with Crippen LogP contribution in [0.1, 0.15) is 24.5 Å². The molecule has 0 unspecified atom stereocenters. The second-order valence-electron chi connectivity index (χ2n) is 5.12. The minimum Gasteiger partial charge on any atom is -0.387 e. The zero-order chi connectivity index (χ0) is 13.7. The Morgan fingerprint density at radius 1 is 1.37 bits per heavy atom. The Hall–Kier alpha value is -1.39. The number of likely N-dealkylation sites (tertiary alicyclic amines) is 1. The molecular weight excluding hydrogens is 240 g/mol. The van der Waals surface area contributed by atoms with Crippen molar-refractivity contribution in [2.24, 2.45) is 5.92 Å². The summed E-state index contributed by atoms with van der Waals surface area (Å²) < 4.78 is 0. The molecule has 1 fully saturated rings. The van der Waals surface area contributed by atoms with Crippen LogP contribution in [0.25, 0.3) is 0 Å². The first kappa shape index (κ1) is 14.0. The molecule has 1 aliphatic heterocycles. The van der Waals surface area contributed by atoms with Gasteiger partial charge in [0.25, 0.3) is 0 Å². The lowest BCUT2D eigenvalue weighted by atomic mass is 9.95. The number of aliphatic hydroxyl groups excluding tert-OH is 1. The molecule has 1 aliphatic rings. The molecule has 1 aromatic carbocycles. The zero-order valence-electron chi connectivity index (χ0n) is 11.4. The Balaban J connectivity index is 1.81. The van der Waals surface area contributed by atoms with Crippen LogP contribution in [0.15, 0.2) is 30.3 Å². The molecule has 104 valence electrons. The lowest BCUT2D eigenvalue weighted by Crippen LogP contribution is -2.41. The van der Waals surface area contributed by atoms with Gasteiger partial charge in [-0.3, -0.25) is 4.79 Å². The maximum absolute atomic E-state index is 11.5. The van der Waals surface area contributed by atoms with E-state index in [9.17, 15) is 9.90 Å². The van der Waals surface area contributed by atoms with Crippen LogP contribution < -0.4 is 5.32 Å². The van der Waals surface area contributed by atoms with Crippen molar-refractivity contribution >= 4 is 5.91 Å². The summed E-state index contributed by atoms with van der Waals surface area (Å²) >= 11 is 0. The van der Waals surface area contributed by atoms with Gasteiger partial charge in [-0.1, -0.05) is 30.3 Å². The standard InChI is InChI=1S/C15H22N2O2/c1-16-15(19)13-7-9-17(10-8-13)11-14(18)12-5-3-2-4-6-12/h2-6,13-14,18H,7-11H2,1H3,(H,16,19)/t14-/m1/s1. The first-order chi connectivity index (χ1) is 9.20. The van der Waals surface area contributed by atoms with E-state index in [-0.39, 0.29) is 11.8 Å². The highest BCUT2D eigenvalue weighted by Crippen LogP contribution is 2.20. The fraction of sp³-hybridized carbons (Fsp3) is 0.533. The summed E-state index contributed by atoms with van der Waals surface area (Å²) in [5, 5.41) is 12.9. The normalized spacial score (nSPS) is 19.1. The quantitative estimate of drug-likeness (QED) is 0.856. The van der Waals surface area contributed by atoms with Gasteiger partial charge < -0.3 is 15.3 Å². The molecule has 0 aliphatic carbocycles. The summed E-state index contributed by atoms with van der Waals surface area (Å²) in [5.41, 5.74) is 0.955. The van der Waals surface area contributed by atoms with Gasteiger partial charge >= 0.3 is 0 Å². The Kier molecular flexibility index (Phi) is 4.93. The largest absolute Gasteiger partial charge is 0.387 e. The lowest BCUT2D eigenvalue weighted by molar-refractivity contribution is -0.126. The second kappa shape index (κ2) is 6.68. The Morgan fingerprint density at radius 2 is 2.00 bits per heavy atom. The number of nitrogens with zero attached hydrogens (tertiary/aromatic N) is 1. The van der Waals surface area contributed by atoms with Crippen molar-refractivity contribution in [1.29, 1.82) is 0 Å². The number of β-amino-alcohol motifs (C(OH)–C–C–N with tert-alkyl or cyclic N) is 1. The molecule has 1 saturated heterocycles. The van der Waals surface area contributed by atoms with Crippen LogP contribution in [0.5, 0.6) is 0 Å². The third-order valence-corrected chi connectivity index (χ3v) is 3.82. The predicted octanol–water partition coefficient (Wildman–Crippen LogP) is 1.18. The minimum atomic E-state index is -0.447. The average Bonchev–Trinajstić information content (AvgIpc) is 2.48. The smallest absolute Gasteiger partial charge is 0.222 e. The van der Waals surface area contributed by atoms with Crippen molar-refractivity contribution in [2.45, 2.75) is 18.9 Å². The first-order valence-electron chi connectivity index (χ1n) is 6.87. The highest BCUT2D eigenvalue weighted by molar-refractivity contribution is 5.78. The van der Waals surface area contributed by atoms with Gasteiger partial charge in [0.15, 0.2) is 0 Å². The summed E-state index contributed by atoms with van der Waals surface area (Å²) in [6.45, 7) is 2.40. The van der Waals surface area contributed by atoms with Crippen LogP contribution in [0.4, 0.5) is 0 Å². The Bertz CT molecular complexity index is 400. The van der Waals surface area contributed by atoms with Crippen molar-refractivity contribution < 1.29 is 9.90 Å². The molecule has 2 rings (SSSR count). The fourth-order valence-electron chi connectivity index (χ4n) is 2.61. The van der Waals surface area contributed by atoms with Crippen LogP contribution in [-0.2, 0) is 4.79 Å². The fourth-order valence-corrected chi connectivity index (χ4v) is 2.61. The molecule has 1 aromatic rings. The molecule has 4 nitrogen and oxygen atoms in total. The van der Waals surface area contributed by atoms with Gasteiger partial charge in [0.2, 0.25) is 5.91 Å². The summed E-state index contributed by atoms with van der Waals surface area (Å²) in [6, 6.07) is 9.72. The molecule has 1 amide bonds. The van der Waals surface area contributed by atoms with Crippen LogP contribution >= 0.6 is 0 Å². The number of aliphatic hydroxyl groups is 1. The van der Waals surface area contributed by atoms with Gasteiger partial charge in [-0.2, -0.15) is 0 Å². The maximum atomic E-state index is 11.5. The number of rotatable bonds is 4. The third kappa shape index (κ3) is 3.78. The zero-order valence-corrected chi connectivity index (χ0v) is 11.4. The van der Waals surface area contributed by atoms with E-state index < -0.39 is 6.10 Å². The van der Waals surface area contributed by atoms with Crippen LogP contribution in [0, 0.1) is 5.92 Å². The number of piperidine rings is 1. The minimum absolute atomic E-state index is 0.134. The molecule has 0 bridgehead atoms. The van der Waals surface area contributed by atoms with E-state index in [2.05, 4.69) is 10.2 Å². The summed E-state index contributed by atoms with van der Waals surface area (Å²) in [6.07, 6.45) is 1.31. The summed E-state index contributed by atoms with van der Waals surface area (Å²) in [7, 11) is 1.69. The van der Waals surface area contributed by atoms with E-state index in [0.29, 0.717) is 6.54 Å². The van der Waals surface area contributed by atoms with Crippen molar-refractivity contribution in [3.63, 3.8) is 0 Å². The average molecular weight is 262 g/mol. The third-order valence-electron chi connectivity index (χ3n) is 3.82. The number of nitrogens with one attached hydrogen (secondary N) is 1. The highest BCUT2D eigenvalue weighted by atomic mass is 16.3. The molecule has 0 aromatic heterocycles. The molecular formula is C15H22N2O2. The van der Waals surface area contributed by atoms with Crippen molar-refractivity contribution in [1.82, 2.24) is 10.2 Å². The number of hydrogen-bond donors (Lipinski definition) is 2. The number of carbonyl (C=O) groups is 1. The van der Waals surface area contributed by atoms with Gasteiger partial charge in [0.05, 0.1) is 6.10 Å². The summed E-state index contributed by atoms with van der Waals surface area (Å²) in [4.78, 5) is 13.8. The van der Waals surface area contributed by atoms with Crippen molar-refractivity contribution in [2.75, 3.05) is 26.7 Å². The monoisotopic (exact) mass is 262 g/mol. The van der Waals surface area contributed by atoms with E-state index in [1.807, 2.05) is 30.3 Å². The van der Waals surface area contributed by atoms with Crippen molar-refractivity contribution in [3.05, 3.63) is 35.9 Å². The Labute approximate surface area is 114 Å². The van der Waals surface area contributed by atoms with E-state index in [0.717, 1.165) is 31.5 Å². The van der Waals surface area contributed by atoms with E-state index in [1.165, 1.54) is 0 Å². The van der Waals surface area contributed by atoms with Gasteiger partial charge in [-0.25, -0.2) is 0 Å². The molecule has 0 saturated carbocycles. The number of carbonyl (C=O) groups excluding carboxylic acids is 1. The van der Waals surface area contributed by atoms with Crippen LogP contribution in [0.3, 0.4) is 0 Å². The van der Waals surface area contributed by atoms with E-state index in [1.54, 1.807) is 7.05 Å². The van der Waals surface area contributed by atoms with Gasteiger partial charge in [-0.05, 0) is 31.5 Å².